The van der Waals surface area contributed by atoms with Crippen LogP contribution < -0.4 is 0 Å². The van der Waals surface area contributed by atoms with Crippen LogP contribution >= 0.6 is 31.9 Å². The Labute approximate surface area is 96.0 Å². The third kappa shape index (κ3) is 4.93. The lowest BCUT2D eigenvalue weighted by atomic mass is 10.2. The van der Waals surface area contributed by atoms with E-state index in [0.717, 1.165) is 5.57 Å². The van der Waals surface area contributed by atoms with E-state index in [1.54, 1.807) is 0 Å². The van der Waals surface area contributed by atoms with E-state index >= 15 is 0 Å². The fourth-order valence-electron chi connectivity index (χ4n) is 0.681. The Hall–Kier alpha value is 0.330. The molecule has 0 aliphatic rings. The Kier molecular flexibility index (Phi) is 6.91. The van der Waals surface area contributed by atoms with E-state index in [9.17, 15) is 4.79 Å². The molecule has 1 unspecified atom stereocenters. The molecule has 0 aromatic heterocycles. The highest BCUT2D eigenvalue weighted by Crippen LogP contribution is 2.18. The summed E-state index contributed by atoms with van der Waals surface area (Å²) >= 11 is 6.52. The van der Waals surface area contributed by atoms with Gasteiger partial charge in [0, 0.05) is 6.61 Å². The molecule has 0 aliphatic heterocycles. The molecular weight excluding hydrogens is 300 g/mol. The van der Waals surface area contributed by atoms with Gasteiger partial charge in [-0.25, -0.2) is 0 Å². The lowest BCUT2D eigenvalue weighted by Gasteiger charge is -2.08. The van der Waals surface area contributed by atoms with Gasteiger partial charge in [-0.15, -0.1) is 0 Å². The maximum absolute atomic E-state index is 11.6. The third-order valence-electron chi connectivity index (χ3n) is 1.41. The summed E-state index contributed by atoms with van der Waals surface area (Å²) in [6.07, 6.45) is 0. The van der Waals surface area contributed by atoms with Gasteiger partial charge in [-0.05, 0) is 36.7 Å². The zero-order chi connectivity index (χ0) is 10.4. The van der Waals surface area contributed by atoms with Crippen LogP contribution in [0.4, 0.5) is 0 Å². The molecule has 0 rings (SSSR count). The van der Waals surface area contributed by atoms with Gasteiger partial charge in [0.1, 0.15) is 4.83 Å². The van der Waals surface area contributed by atoms with E-state index in [1.165, 1.54) is 0 Å². The molecule has 0 N–H and O–H groups in total. The first-order chi connectivity index (χ1) is 6.00. The number of carbonyl (C=O) groups is 1. The van der Waals surface area contributed by atoms with Gasteiger partial charge in [-0.2, -0.15) is 0 Å². The molecule has 0 radical (unpaired) electrons. The number of ether oxygens (including phenoxy) is 1. The van der Waals surface area contributed by atoms with E-state index in [1.807, 2.05) is 20.8 Å². The SMILES string of the molecule is CCOCC(Br)C(=O)C(Br)=C(C)C. The summed E-state index contributed by atoms with van der Waals surface area (Å²) in [5.41, 5.74) is 0.978. The number of rotatable bonds is 5. The Balaban J connectivity index is 4.19. The molecule has 0 bridgehead atoms. The standard InChI is InChI=1S/C9H14Br2O2/c1-4-13-5-7(10)9(12)8(11)6(2)3/h7H,4-5H2,1-3H3. The molecule has 0 fully saturated rings. The van der Waals surface area contributed by atoms with E-state index < -0.39 is 0 Å². The summed E-state index contributed by atoms with van der Waals surface area (Å²) < 4.78 is 5.77. The van der Waals surface area contributed by atoms with Gasteiger partial charge < -0.3 is 4.74 Å². The minimum absolute atomic E-state index is 0.0356. The number of Topliss-reactive ketones (excluding diaryl/α,β-unsaturated/α-hetero) is 1. The van der Waals surface area contributed by atoms with Crippen LogP contribution in [0.5, 0.6) is 0 Å². The van der Waals surface area contributed by atoms with Crippen LogP contribution in [0.1, 0.15) is 20.8 Å². The van der Waals surface area contributed by atoms with Crippen LogP contribution in [-0.2, 0) is 9.53 Å². The molecule has 1 atom stereocenters. The van der Waals surface area contributed by atoms with Gasteiger partial charge in [0.05, 0.1) is 11.1 Å². The first-order valence-corrected chi connectivity index (χ1v) is 5.80. The molecule has 13 heavy (non-hydrogen) atoms. The van der Waals surface area contributed by atoms with Gasteiger partial charge in [0.15, 0.2) is 5.78 Å². The Morgan fingerprint density at radius 2 is 2.00 bits per heavy atom. The second-order valence-corrected chi connectivity index (χ2v) is 4.70. The smallest absolute Gasteiger partial charge is 0.185 e. The van der Waals surface area contributed by atoms with Gasteiger partial charge >= 0.3 is 0 Å². The molecule has 0 aromatic rings. The maximum atomic E-state index is 11.6. The highest BCUT2D eigenvalue weighted by atomic mass is 79.9. The predicted octanol–water partition coefficient (Wildman–Crippen LogP) is 3.04. The molecule has 0 saturated carbocycles. The van der Waals surface area contributed by atoms with Crippen LogP contribution in [0.3, 0.4) is 0 Å². The number of alkyl halides is 1. The molecule has 0 aliphatic carbocycles. The van der Waals surface area contributed by atoms with Crippen molar-refractivity contribution in [1.82, 2.24) is 0 Å². The van der Waals surface area contributed by atoms with Gasteiger partial charge in [-0.3, -0.25) is 4.79 Å². The summed E-state index contributed by atoms with van der Waals surface area (Å²) in [7, 11) is 0. The maximum Gasteiger partial charge on any atom is 0.185 e. The van der Waals surface area contributed by atoms with E-state index in [0.29, 0.717) is 17.7 Å². The summed E-state index contributed by atoms with van der Waals surface area (Å²) in [5.74, 6) is 0.0356. The van der Waals surface area contributed by atoms with Gasteiger partial charge in [-0.1, -0.05) is 21.5 Å². The van der Waals surface area contributed by atoms with Crippen LogP contribution in [0.15, 0.2) is 10.1 Å². The lowest BCUT2D eigenvalue weighted by Crippen LogP contribution is -2.20. The molecule has 0 heterocycles. The van der Waals surface area contributed by atoms with Crippen LogP contribution in [0, 0.1) is 0 Å². The van der Waals surface area contributed by atoms with E-state index in [2.05, 4.69) is 31.9 Å². The van der Waals surface area contributed by atoms with Crippen LogP contribution in [-0.4, -0.2) is 23.8 Å². The number of halogens is 2. The minimum Gasteiger partial charge on any atom is -0.380 e. The predicted molar refractivity (Wildman–Crippen MR) is 61.5 cm³/mol. The number of carbonyl (C=O) groups excluding carboxylic acids is 1. The summed E-state index contributed by atoms with van der Waals surface area (Å²) in [5, 5.41) is 0. The third-order valence-corrected chi connectivity index (χ3v) is 3.27. The molecule has 0 spiro atoms. The van der Waals surface area contributed by atoms with Gasteiger partial charge in [0.2, 0.25) is 0 Å². The summed E-state index contributed by atoms with van der Waals surface area (Å²) in [6, 6.07) is 0. The van der Waals surface area contributed by atoms with Crippen molar-refractivity contribution in [2.24, 2.45) is 0 Å². The molecule has 0 amide bonds. The molecule has 4 heteroatoms. The average Bonchev–Trinajstić information content (AvgIpc) is 2.11. The zero-order valence-corrected chi connectivity index (χ0v) is 11.2. The van der Waals surface area contributed by atoms with Crippen LogP contribution in [0.2, 0.25) is 0 Å². The molecule has 76 valence electrons. The van der Waals surface area contributed by atoms with Crippen LogP contribution in [0.25, 0.3) is 0 Å². The topological polar surface area (TPSA) is 26.3 Å². The fraction of sp³-hybridized carbons (Fsp3) is 0.667. The highest BCUT2D eigenvalue weighted by Gasteiger charge is 2.18. The second kappa shape index (κ2) is 6.74. The molecule has 0 aromatic carbocycles. The van der Waals surface area contributed by atoms with Crippen molar-refractivity contribution in [1.29, 1.82) is 0 Å². The first kappa shape index (κ1) is 13.3. The molecule has 0 saturated heterocycles. The van der Waals surface area contributed by atoms with Crippen molar-refractivity contribution in [2.75, 3.05) is 13.2 Å². The fourth-order valence-corrected chi connectivity index (χ4v) is 1.68. The number of hydrogen-bond donors (Lipinski definition) is 0. The van der Waals surface area contributed by atoms with E-state index in [-0.39, 0.29) is 10.6 Å². The Morgan fingerprint density at radius 1 is 1.46 bits per heavy atom. The number of hydrogen-bond acceptors (Lipinski definition) is 2. The van der Waals surface area contributed by atoms with Crippen molar-refractivity contribution < 1.29 is 9.53 Å². The van der Waals surface area contributed by atoms with Crippen molar-refractivity contribution >= 4 is 37.6 Å². The quantitative estimate of drug-likeness (QED) is 0.576. The van der Waals surface area contributed by atoms with Crippen molar-refractivity contribution in [2.45, 2.75) is 25.6 Å². The van der Waals surface area contributed by atoms with E-state index in [4.69, 9.17) is 4.74 Å². The number of allylic oxidation sites excluding steroid dienone is 2. The van der Waals surface area contributed by atoms with Crippen molar-refractivity contribution in [3.05, 3.63) is 10.1 Å². The monoisotopic (exact) mass is 312 g/mol. The Morgan fingerprint density at radius 3 is 2.38 bits per heavy atom. The minimum atomic E-state index is -0.253. The molecular formula is C9H14Br2O2. The molecule has 2 nitrogen and oxygen atoms in total. The Bertz CT molecular complexity index is 208. The normalized spacial score (nSPS) is 12.4. The average molecular weight is 314 g/mol. The first-order valence-electron chi connectivity index (χ1n) is 4.09. The zero-order valence-electron chi connectivity index (χ0n) is 8.06. The lowest BCUT2D eigenvalue weighted by molar-refractivity contribution is -0.115. The van der Waals surface area contributed by atoms with Gasteiger partial charge in [0.25, 0.3) is 0 Å². The van der Waals surface area contributed by atoms with Crippen molar-refractivity contribution in [3.63, 3.8) is 0 Å². The summed E-state index contributed by atoms with van der Waals surface area (Å²) in [4.78, 5) is 11.3. The number of ketones is 1. The largest absolute Gasteiger partial charge is 0.380 e. The second-order valence-electron chi connectivity index (χ2n) is 2.81. The van der Waals surface area contributed by atoms with Crippen molar-refractivity contribution in [3.8, 4) is 0 Å². The highest BCUT2D eigenvalue weighted by molar-refractivity contribution is 9.12. The summed E-state index contributed by atoms with van der Waals surface area (Å²) in [6.45, 7) is 6.73.